The molecule has 0 heterocycles. The minimum atomic E-state index is -0.651. The van der Waals surface area contributed by atoms with Gasteiger partial charge in [0, 0.05) is 6.54 Å². The van der Waals surface area contributed by atoms with Crippen molar-refractivity contribution in [2.75, 3.05) is 11.9 Å². The Bertz CT molecular complexity index is 958. The highest BCUT2D eigenvalue weighted by molar-refractivity contribution is 6.04. The summed E-state index contributed by atoms with van der Waals surface area (Å²) < 4.78 is 5.80. The highest BCUT2D eigenvalue weighted by Gasteiger charge is 2.20. The van der Waals surface area contributed by atoms with Gasteiger partial charge >= 0.3 is 0 Å². The number of rotatable bonds is 9. The predicted octanol–water partition coefficient (Wildman–Crippen LogP) is 4.46. The van der Waals surface area contributed by atoms with E-state index in [1.54, 1.807) is 24.3 Å². The van der Waals surface area contributed by atoms with Crippen molar-refractivity contribution in [3.63, 3.8) is 0 Å². The molecule has 154 valence electrons. The Kier molecular flexibility index (Phi) is 7.61. The monoisotopic (exact) mass is 402 g/mol. The summed E-state index contributed by atoms with van der Waals surface area (Å²) in [5.41, 5.74) is 2.05. The van der Waals surface area contributed by atoms with Gasteiger partial charge in [-0.3, -0.25) is 9.59 Å². The fourth-order valence-electron chi connectivity index (χ4n) is 3.05. The number of nitrogens with one attached hydrogen (secondary N) is 2. The van der Waals surface area contributed by atoms with E-state index in [1.165, 1.54) is 0 Å². The molecule has 0 saturated carbocycles. The summed E-state index contributed by atoms with van der Waals surface area (Å²) >= 11 is 0. The first kappa shape index (κ1) is 21.1. The van der Waals surface area contributed by atoms with E-state index >= 15 is 0 Å². The lowest BCUT2D eigenvalue weighted by Crippen LogP contribution is -2.33. The van der Waals surface area contributed by atoms with Crippen molar-refractivity contribution in [2.45, 2.75) is 25.9 Å². The van der Waals surface area contributed by atoms with E-state index in [2.05, 4.69) is 10.6 Å². The van der Waals surface area contributed by atoms with Crippen molar-refractivity contribution in [1.29, 1.82) is 0 Å². The van der Waals surface area contributed by atoms with Crippen molar-refractivity contribution in [3.05, 3.63) is 96.1 Å². The van der Waals surface area contributed by atoms with Gasteiger partial charge in [0.2, 0.25) is 0 Å². The van der Waals surface area contributed by atoms with E-state index in [4.69, 9.17) is 4.74 Å². The van der Waals surface area contributed by atoms with E-state index in [-0.39, 0.29) is 11.8 Å². The van der Waals surface area contributed by atoms with Gasteiger partial charge in [-0.25, -0.2) is 0 Å². The van der Waals surface area contributed by atoms with Gasteiger partial charge in [-0.1, -0.05) is 67.6 Å². The molecule has 0 saturated heterocycles. The highest BCUT2D eigenvalue weighted by atomic mass is 16.5. The lowest BCUT2D eigenvalue weighted by atomic mass is 10.1. The van der Waals surface area contributed by atoms with Crippen molar-refractivity contribution in [3.8, 4) is 5.75 Å². The number of carbonyl (C=O) groups excluding carboxylic acids is 2. The number of hydrogen-bond acceptors (Lipinski definition) is 3. The third-order valence-corrected chi connectivity index (χ3v) is 4.66. The molecule has 30 heavy (non-hydrogen) atoms. The Morgan fingerprint density at radius 3 is 2.20 bits per heavy atom. The molecule has 0 aliphatic carbocycles. The molecular weight excluding hydrogens is 376 g/mol. The average Bonchev–Trinajstić information content (AvgIpc) is 2.79. The highest BCUT2D eigenvalue weighted by Crippen LogP contribution is 2.18. The van der Waals surface area contributed by atoms with Crippen LogP contribution >= 0.6 is 0 Å². The fourth-order valence-corrected chi connectivity index (χ4v) is 3.05. The van der Waals surface area contributed by atoms with Crippen LogP contribution in [0.15, 0.2) is 84.9 Å². The van der Waals surface area contributed by atoms with E-state index in [0.29, 0.717) is 30.0 Å². The molecule has 0 spiro atoms. The van der Waals surface area contributed by atoms with Crippen LogP contribution in [0.4, 0.5) is 5.69 Å². The van der Waals surface area contributed by atoms with E-state index in [1.807, 2.05) is 67.6 Å². The molecule has 0 aliphatic heterocycles. The van der Waals surface area contributed by atoms with Gasteiger partial charge < -0.3 is 15.4 Å². The molecule has 0 aromatic heterocycles. The summed E-state index contributed by atoms with van der Waals surface area (Å²) in [6.45, 7) is 2.40. The first-order valence-electron chi connectivity index (χ1n) is 10.1. The maximum Gasteiger partial charge on any atom is 0.265 e. The zero-order valence-electron chi connectivity index (χ0n) is 17.0. The van der Waals surface area contributed by atoms with E-state index in [0.717, 1.165) is 12.0 Å². The van der Waals surface area contributed by atoms with Crippen molar-refractivity contribution < 1.29 is 14.3 Å². The summed E-state index contributed by atoms with van der Waals surface area (Å²) in [5, 5.41) is 5.77. The zero-order valence-corrected chi connectivity index (χ0v) is 17.0. The molecule has 5 nitrogen and oxygen atoms in total. The maximum absolute atomic E-state index is 12.8. The SMILES string of the molecule is CCC(Oc1ccccc1)C(=O)Nc1ccccc1C(=O)NCCc1ccccc1. The number of benzene rings is 3. The number of anilines is 1. The first-order valence-corrected chi connectivity index (χ1v) is 10.1. The van der Waals surface area contributed by atoms with Crippen LogP contribution in [-0.4, -0.2) is 24.5 Å². The maximum atomic E-state index is 12.8. The summed E-state index contributed by atoms with van der Waals surface area (Å²) in [5.74, 6) is 0.121. The molecule has 0 radical (unpaired) electrons. The molecule has 3 aromatic rings. The molecule has 2 N–H and O–H groups in total. The quantitative estimate of drug-likeness (QED) is 0.555. The zero-order chi connectivity index (χ0) is 21.2. The van der Waals surface area contributed by atoms with Crippen LogP contribution in [0.2, 0.25) is 0 Å². The van der Waals surface area contributed by atoms with Crippen LogP contribution in [0.5, 0.6) is 5.75 Å². The Labute approximate surface area is 177 Å². The van der Waals surface area contributed by atoms with E-state index < -0.39 is 6.10 Å². The standard InChI is InChI=1S/C25H26N2O3/c1-2-23(30-20-13-7-4-8-14-20)25(29)27-22-16-10-9-15-21(22)24(28)26-18-17-19-11-5-3-6-12-19/h3-16,23H,2,17-18H2,1H3,(H,26,28)(H,27,29). The summed E-state index contributed by atoms with van der Waals surface area (Å²) in [4.78, 5) is 25.4. The molecule has 2 amide bonds. The number of ether oxygens (including phenoxy) is 1. The molecule has 0 aliphatic rings. The number of amides is 2. The van der Waals surface area contributed by atoms with Gasteiger partial charge in [0.15, 0.2) is 6.10 Å². The molecule has 1 unspecified atom stereocenters. The van der Waals surface area contributed by atoms with Gasteiger partial charge in [0.05, 0.1) is 11.3 Å². The number of carbonyl (C=O) groups is 2. The van der Waals surface area contributed by atoms with Crippen LogP contribution in [0, 0.1) is 0 Å². The Morgan fingerprint density at radius 2 is 1.50 bits per heavy atom. The predicted molar refractivity (Wildman–Crippen MR) is 119 cm³/mol. The second-order valence-electron chi connectivity index (χ2n) is 6.85. The summed E-state index contributed by atoms with van der Waals surface area (Å²) in [6, 6.07) is 26.2. The largest absolute Gasteiger partial charge is 0.481 e. The van der Waals surface area contributed by atoms with Crippen LogP contribution in [0.3, 0.4) is 0 Å². The molecule has 0 bridgehead atoms. The smallest absolute Gasteiger partial charge is 0.265 e. The second-order valence-corrected chi connectivity index (χ2v) is 6.85. The van der Waals surface area contributed by atoms with Crippen molar-refractivity contribution >= 4 is 17.5 Å². The average molecular weight is 402 g/mol. The van der Waals surface area contributed by atoms with Gasteiger partial charge in [0.25, 0.3) is 11.8 Å². The van der Waals surface area contributed by atoms with Gasteiger partial charge in [0.1, 0.15) is 5.75 Å². The lowest BCUT2D eigenvalue weighted by molar-refractivity contribution is -0.122. The van der Waals surface area contributed by atoms with Crippen molar-refractivity contribution in [2.24, 2.45) is 0 Å². The van der Waals surface area contributed by atoms with E-state index in [9.17, 15) is 9.59 Å². The molecule has 3 rings (SSSR count). The molecule has 1 atom stereocenters. The lowest BCUT2D eigenvalue weighted by Gasteiger charge is -2.18. The summed E-state index contributed by atoms with van der Waals surface area (Å²) in [6.07, 6.45) is 0.595. The fraction of sp³-hybridized carbons (Fsp3) is 0.200. The first-order chi connectivity index (χ1) is 14.7. The molecular formula is C25H26N2O3. The van der Waals surface area contributed by atoms with Crippen LogP contribution < -0.4 is 15.4 Å². The third kappa shape index (κ3) is 5.95. The van der Waals surface area contributed by atoms with Crippen LogP contribution in [0.1, 0.15) is 29.3 Å². The van der Waals surface area contributed by atoms with Crippen LogP contribution in [-0.2, 0) is 11.2 Å². The minimum absolute atomic E-state index is 0.223. The van der Waals surface area contributed by atoms with Gasteiger partial charge in [-0.2, -0.15) is 0 Å². The molecule has 5 heteroatoms. The Hall–Kier alpha value is -3.60. The Morgan fingerprint density at radius 1 is 0.867 bits per heavy atom. The summed E-state index contributed by atoms with van der Waals surface area (Å²) in [7, 11) is 0. The molecule has 0 fully saturated rings. The normalized spacial score (nSPS) is 11.4. The minimum Gasteiger partial charge on any atom is -0.481 e. The second kappa shape index (κ2) is 10.8. The topological polar surface area (TPSA) is 67.4 Å². The Balaban J connectivity index is 1.62. The number of para-hydroxylation sites is 2. The third-order valence-electron chi connectivity index (χ3n) is 4.66. The van der Waals surface area contributed by atoms with Crippen LogP contribution in [0.25, 0.3) is 0 Å². The number of hydrogen-bond donors (Lipinski definition) is 2. The van der Waals surface area contributed by atoms with Crippen molar-refractivity contribution in [1.82, 2.24) is 5.32 Å². The van der Waals surface area contributed by atoms with Gasteiger partial charge in [-0.15, -0.1) is 0 Å². The molecule has 3 aromatic carbocycles. The van der Waals surface area contributed by atoms with Gasteiger partial charge in [-0.05, 0) is 42.7 Å².